The summed E-state index contributed by atoms with van der Waals surface area (Å²) in [5.74, 6) is -0.442. The van der Waals surface area contributed by atoms with Gasteiger partial charge in [0.05, 0.1) is 0 Å². The summed E-state index contributed by atoms with van der Waals surface area (Å²) in [7, 11) is 1.53. The summed E-state index contributed by atoms with van der Waals surface area (Å²) in [6.45, 7) is 0.634. The summed E-state index contributed by atoms with van der Waals surface area (Å²) in [5, 5.41) is 0. The first-order chi connectivity index (χ1) is 6.46. The zero-order valence-electron chi connectivity index (χ0n) is 8.35. The second kappa shape index (κ2) is 4.49. The van der Waals surface area contributed by atoms with Gasteiger partial charge >= 0.3 is 6.18 Å². The average molecular weight is 210 g/mol. The second-order valence-corrected chi connectivity index (χ2v) is 3.96. The Bertz CT molecular complexity index is 181. The summed E-state index contributed by atoms with van der Waals surface area (Å²) < 4.78 is 38.1. The van der Waals surface area contributed by atoms with Gasteiger partial charge in [0.2, 0.25) is 0 Å². The van der Waals surface area contributed by atoms with E-state index in [1.807, 2.05) is 0 Å². The maximum Gasteiger partial charge on any atom is 0.404 e. The summed E-state index contributed by atoms with van der Waals surface area (Å²) >= 11 is 0. The Morgan fingerprint density at radius 2 is 2.00 bits per heavy atom. The molecule has 1 aliphatic heterocycles. The van der Waals surface area contributed by atoms with Gasteiger partial charge in [-0.25, -0.2) is 0 Å². The standard InChI is InChI=1S/C9H17F3N2/c1-14-5-3-2-4-7(6-13)8(14)9(10,11)12/h7-8H,2-6,13H2,1H3/t7-,8+/m0/s1. The topological polar surface area (TPSA) is 29.3 Å². The predicted octanol–water partition coefficient (Wildman–Crippen LogP) is 1.61. The molecule has 0 saturated carbocycles. The van der Waals surface area contributed by atoms with Crippen molar-refractivity contribution in [3.8, 4) is 0 Å². The molecule has 0 unspecified atom stereocenters. The van der Waals surface area contributed by atoms with Crippen molar-refractivity contribution in [1.82, 2.24) is 4.90 Å². The van der Waals surface area contributed by atoms with E-state index >= 15 is 0 Å². The molecule has 5 heteroatoms. The van der Waals surface area contributed by atoms with E-state index in [4.69, 9.17) is 5.73 Å². The van der Waals surface area contributed by atoms with Crippen molar-refractivity contribution in [1.29, 1.82) is 0 Å². The van der Waals surface area contributed by atoms with Crippen molar-refractivity contribution >= 4 is 0 Å². The highest BCUT2D eigenvalue weighted by atomic mass is 19.4. The fraction of sp³-hybridized carbons (Fsp3) is 1.00. The molecule has 0 radical (unpaired) electrons. The summed E-state index contributed by atoms with van der Waals surface area (Å²) in [4.78, 5) is 1.39. The molecular weight excluding hydrogens is 193 g/mol. The van der Waals surface area contributed by atoms with Gasteiger partial charge < -0.3 is 5.73 Å². The van der Waals surface area contributed by atoms with Gasteiger partial charge in [-0.2, -0.15) is 13.2 Å². The molecule has 84 valence electrons. The minimum atomic E-state index is -4.15. The molecule has 14 heavy (non-hydrogen) atoms. The van der Waals surface area contributed by atoms with E-state index in [-0.39, 0.29) is 6.54 Å². The van der Waals surface area contributed by atoms with E-state index in [1.54, 1.807) is 0 Å². The van der Waals surface area contributed by atoms with Crippen LogP contribution in [0.2, 0.25) is 0 Å². The summed E-state index contributed by atoms with van der Waals surface area (Å²) in [6.07, 6.45) is -1.88. The molecule has 0 bridgehead atoms. The molecule has 0 aromatic heterocycles. The average Bonchev–Trinajstić information content (AvgIpc) is 2.24. The summed E-state index contributed by atoms with van der Waals surface area (Å²) in [5.41, 5.74) is 5.40. The number of likely N-dealkylation sites (tertiary alicyclic amines) is 1. The van der Waals surface area contributed by atoms with Crippen LogP contribution in [-0.4, -0.2) is 37.3 Å². The maximum atomic E-state index is 12.7. The van der Waals surface area contributed by atoms with E-state index in [0.29, 0.717) is 13.0 Å². The number of hydrogen-bond donors (Lipinski definition) is 1. The minimum Gasteiger partial charge on any atom is -0.330 e. The van der Waals surface area contributed by atoms with Crippen LogP contribution in [0, 0.1) is 5.92 Å². The first kappa shape index (κ1) is 11.8. The maximum absolute atomic E-state index is 12.7. The molecule has 0 aromatic rings. The molecule has 0 aromatic carbocycles. The van der Waals surface area contributed by atoms with E-state index in [9.17, 15) is 13.2 Å². The van der Waals surface area contributed by atoms with E-state index < -0.39 is 18.1 Å². The third-order valence-corrected chi connectivity index (χ3v) is 2.90. The van der Waals surface area contributed by atoms with Crippen molar-refractivity contribution in [3.63, 3.8) is 0 Å². The molecule has 0 amide bonds. The van der Waals surface area contributed by atoms with Crippen molar-refractivity contribution in [2.45, 2.75) is 31.5 Å². The lowest BCUT2D eigenvalue weighted by Crippen LogP contribution is -2.49. The quantitative estimate of drug-likeness (QED) is 0.712. The fourth-order valence-corrected chi connectivity index (χ4v) is 2.19. The number of nitrogens with two attached hydrogens (primary N) is 1. The van der Waals surface area contributed by atoms with Crippen LogP contribution in [0.1, 0.15) is 19.3 Å². The third-order valence-electron chi connectivity index (χ3n) is 2.90. The molecule has 1 aliphatic rings. The van der Waals surface area contributed by atoms with E-state index in [1.165, 1.54) is 11.9 Å². The van der Waals surface area contributed by atoms with Gasteiger partial charge in [-0.05, 0) is 38.9 Å². The minimum absolute atomic E-state index is 0.120. The Morgan fingerprint density at radius 1 is 1.36 bits per heavy atom. The number of alkyl halides is 3. The van der Waals surface area contributed by atoms with Gasteiger partial charge in [-0.3, -0.25) is 4.90 Å². The zero-order chi connectivity index (χ0) is 10.8. The Labute approximate surface area is 82.2 Å². The van der Waals surface area contributed by atoms with Crippen LogP contribution in [0.5, 0.6) is 0 Å². The lowest BCUT2D eigenvalue weighted by molar-refractivity contribution is -0.191. The van der Waals surface area contributed by atoms with Crippen LogP contribution >= 0.6 is 0 Å². The van der Waals surface area contributed by atoms with Crippen LogP contribution in [-0.2, 0) is 0 Å². The molecule has 1 fully saturated rings. The third kappa shape index (κ3) is 2.60. The van der Waals surface area contributed by atoms with Crippen molar-refractivity contribution < 1.29 is 13.2 Å². The van der Waals surface area contributed by atoms with Crippen molar-refractivity contribution in [3.05, 3.63) is 0 Å². The zero-order valence-corrected chi connectivity index (χ0v) is 8.35. The van der Waals surface area contributed by atoms with Crippen molar-refractivity contribution in [2.24, 2.45) is 11.7 Å². The Morgan fingerprint density at radius 3 is 2.50 bits per heavy atom. The lowest BCUT2D eigenvalue weighted by atomic mass is 9.94. The Kier molecular flexibility index (Phi) is 3.78. The van der Waals surface area contributed by atoms with Crippen molar-refractivity contribution in [2.75, 3.05) is 20.1 Å². The van der Waals surface area contributed by atoms with Crippen LogP contribution in [0.3, 0.4) is 0 Å². The fourth-order valence-electron chi connectivity index (χ4n) is 2.19. The molecule has 1 rings (SSSR count). The van der Waals surface area contributed by atoms with Gasteiger partial charge in [-0.1, -0.05) is 6.42 Å². The first-order valence-electron chi connectivity index (χ1n) is 4.94. The molecule has 1 heterocycles. The van der Waals surface area contributed by atoms with Gasteiger partial charge in [0.15, 0.2) is 0 Å². The molecule has 0 spiro atoms. The highest BCUT2D eigenvalue weighted by molar-refractivity contribution is 4.86. The van der Waals surface area contributed by atoms with E-state index in [0.717, 1.165) is 12.8 Å². The van der Waals surface area contributed by atoms with Crippen LogP contribution in [0.25, 0.3) is 0 Å². The molecule has 1 saturated heterocycles. The number of nitrogens with zero attached hydrogens (tertiary/aromatic N) is 1. The normalized spacial score (nSPS) is 31.5. The first-order valence-corrected chi connectivity index (χ1v) is 4.94. The number of halogens is 3. The largest absolute Gasteiger partial charge is 0.404 e. The predicted molar refractivity (Wildman–Crippen MR) is 48.9 cm³/mol. The number of rotatable bonds is 1. The summed E-state index contributed by atoms with van der Waals surface area (Å²) in [6, 6.07) is -1.35. The highest BCUT2D eigenvalue weighted by Crippen LogP contribution is 2.33. The highest BCUT2D eigenvalue weighted by Gasteiger charge is 2.46. The van der Waals surface area contributed by atoms with Crippen LogP contribution < -0.4 is 5.73 Å². The number of hydrogen-bond acceptors (Lipinski definition) is 2. The van der Waals surface area contributed by atoms with E-state index in [2.05, 4.69) is 0 Å². The van der Waals surface area contributed by atoms with Gasteiger partial charge in [0.25, 0.3) is 0 Å². The second-order valence-electron chi connectivity index (χ2n) is 3.96. The Hall–Kier alpha value is -0.290. The van der Waals surface area contributed by atoms with Gasteiger partial charge in [0, 0.05) is 0 Å². The molecule has 2 nitrogen and oxygen atoms in total. The monoisotopic (exact) mass is 210 g/mol. The molecule has 0 aliphatic carbocycles. The lowest BCUT2D eigenvalue weighted by Gasteiger charge is -2.33. The molecule has 2 N–H and O–H groups in total. The van der Waals surface area contributed by atoms with Crippen LogP contribution in [0.15, 0.2) is 0 Å². The Balaban J connectivity index is 2.80. The molecule has 2 atom stereocenters. The smallest absolute Gasteiger partial charge is 0.330 e. The van der Waals surface area contributed by atoms with Gasteiger partial charge in [0.1, 0.15) is 6.04 Å². The van der Waals surface area contributed by atoms with Gasteiger partial charge in [-0.15, -0.1) is 0 Å². The van der Waals surface area contributed by atoms with Crippen LogP contribution in [0.4, 0.5) is 13.2 Å². The molecular formula is C9H17F3N2. The SMILES string of the molecule is CN1CCCC[C@@H](CN)[C@@H]1C(F)(F)F.